The van der Waals surface area contributed by atoms with E-state index in [1.807, 2.05) is 6.92 Å². The minimum absolute atomic E-state index is 0.0420. The van der Waals surface area contributed by atoms with E-state index in [-0.39, 0.29) is 23.6 Å². The van der Waals surface area contributed by atoms with Gasteiger partial charge in [0, 0.05) is 19.1 Å². The van der Waals surface area contributed by atoms with Gasteiger partial charge in [-0.25, -0.2) is 4.98 Å². The Hall–Kier alpha value is -2.29. The molecule has 2 amide bonds. The number of H-pyrrole nitrogens is 1. The summed E-state index contributed by atoms with van der Waals surface area (Å²) in [5.74, 6) is 1.08. The maximum Gasteiger partial charge on any atom is 0.289 e. The molecule has 128 valence electrons. The fraction of sp³-hybridized carbons (Fsp3) is 0.467. The van der Waals surface area contributed by atoms with Crippen molar-refractivity contribution in [2.24, 2.45) is 0 Å². The molecule has 0 aromatic carbocycles. The first-order valence-electron chi connectivity index (χ1n) is 7.76. The third kappa shape index (κ3) is 4.16. The Balaban J connectivity index is 1.48. The molecular weight excluding hydrogens is 330 g/mol. The first kappa shape index (κ1) is 16.6. The number of rotatable bonds is 5. The van der Waals surface area contributed by atoms with Crippen LogP contribution in [0, 0.1) is 6.92 Å². The Morgan fingerprint density at radius 1 is 1.54 bits per heavy atom. The summed E-state index contributed by atoms with van der Waals surface area (Å²) in [5.41, 5.74) is 0. The number of aromatic amines is 1. The van der Waals surface area contributed by atoms with Crippen LogP contribution in [0.25, 0.3) is 0 Å². The largest absolute Gasteiger partial charge is 0.459 e. The second-order valence-electron chi connectivity index (χ2n) is 5.63. The third-order valence-electron chi connectivity index (χ3n) is 3.71. The summed E-state index contributed by atoms with van der Waals surface area (Å²) in [4.78, 5) is 30.2. The first-order valence-corrected chi connectivity index (χ1v) is 8.74. The summed E-state index contributed by atoms with van der Waals surface area (Å²) < 4.78 is 5.16. The topological polar surface area (TPSA) is 104 Å². The van der Waals surface area contributed by atoms with Gasteiger partial charge >= 0.3 is 0 Å². The molecule has 2 aromatic heterocycles. The molecule has 2 N–H and O–H groups in total. The van der Waals surface area contributed by atoms with E-state index in [9.17, 15) is 9.59 Å². The number of carbonyl (C=O) groups excluding carboxylic acids is 2. The first-order chi connectivity index (χ1) is 11.6. The monoisotopic (exact) mass is 349 g/mol. The van der Waals surface area contributed by atoms with Gasteiger partial charge in [-0.15, -0.1) is 5.10 Å². The Labute approximate surface area is 143 Å². The Kier molecular flexibility index (Phi) is 5.19. The number of carbonyl (C=O) groups is 2. The number of nitrogens with one attached hydrogen (secondary N) is 2. The molecule has 0 saturated carbocycles. The lowest BCUT2D eigenvalue weighted by Crippen LogP contribution is -2.50. The van der Waals surface area contributed by atoms with Crippen molar-refractivity contribution >= 4 is 23.6 Å². The number of likely N-dealkylation sites (tertiary alicyclic amines) is 1. The molecule has 0 bridgehead atoms. The van der Waals surface area contributed by atoms with E-state index in [4.69, 9.17) is 4.42 Å². The van der Waals surface area contributed by atoms with Gasteiger partial charge in [0.15, 0.2) is 5.76 Å². The van der Waals surface area contributed by atoms with Gasteiger partial charge in [-0.05, 0) is 31.9 Å². The van der Waals surface area contributed by atoms with Crippen molar-refractivity contribution in [3.05, 3.63) is 30.0 Å². The standard InChI is InChI=1S/C15H19N5O3S/c1-10-16-15(19-18-10)24-9-13(21)17-11-4-2-6-20(8-11)14(22)12-5-3-7-23-12/h3,5,7,11H,2,4,6,8-9H2,1H3,(H,17,21)(H,16,18,19)/t11-/m0/s1. The maximum absolute atomic E-state index is 12.3. The van der Waals surface area contributed by atoms with E-state index >= 15 is 0 Å². The van der Waals surface area contributed by atoms with Crippen molar-refractivity contribution in [1.82, 2.24) is 25.4 Å². The van der Waals surface area contributed by atoms with Gasteiger partial charge in [-0.2, -0.15) is 0 Å². The van der Waals surface area contributed by atoms with E-state index in [1.165, 1.54) is 18.0 Å². The summed E-state index contributed by atoms with van der Waals surface area (Å²) in [6.07, 6.45) is 3.20. The summed E-state index contributed by atoms with van der Waals surface area (Å²) >= 11 is 1.28. The normalized spacial score (nSPS) is 17.7. The number of furan rings is 1. The number of hydrogen-bond acceptors (Lipinski definition) is 6. The van der Waals surface area contributed by atoms with Crippen LogP contribution in [0.15, 0.2) is 28.0 Å². The Morgan fingerprint density at radius 3 is 3.12 bits per heavy atom. The molecule has 1 atom stereocenters. The number of thioether (sulfide) groups is 1. The molecule has 9 heteroatoms. The third-order valence-corrected chi connectivity index (χ3v) is 4.56. The van der Waals surface area contributed by atoms with Crippen LogP contribution in [0.1, 0.15) is 29.2 Å². The van der Waals surface area contributed by atoms with Crippen LogP contribution in [-0.4, -0.2) is 56.8 Å². The zero-order valence-corrected chi connectivity index (χ0v) is 14.1. The molecule has 1 fully saturated rings. The summed E-state index contributed by atoms with van der Waals surface area (Å²) in [5, 5.41) is 10.3. The maximum atomic E-state index is 12.3. The zero-order valence-electron chi connectivity index (χ0n) is 13.3. The molecule has 3 heterocycles. The molecular formula is C15H19N5O3S. The fourth-order valence-electron chi connectivity index (χ4n) is 2.62. The highest BCUT2D eigenvalue weighted by molar-refractivity contribution is 7.99. The van der Waals surface area contributed by atoms with Gasteiger partial charge in [0.1, 0.15) is 5.82 Å². The minimum atomic E-state index is -0.135. The van der Waals surface area contributed by atoms with Crippen molar-refractivity contribution in [1.29, 1.82) is 0 Å². The SMILES string of the molecule is Cc1nc(SCC(=O)N[C@H]2CCCN(C(=O)c3ccco3)C2)n[nH]1. The van der Waals surface area contributed by atoms with Gasteiger partial charge in [-0.1, -0.05) is 11.8 Å². The average Bonchev–Trinajstić information content (AvgIpc) is 3.24. The van der Waals surface area contributed by atoms with Crippen LogP contribution in [0.3, 0.4) is 0 Å². The predicted octanol–water partition coefficient (Wildman–Crippen LogP) is 1.22. The average molecular weight is 349 g/mol. The number of piperidine rings is 1. The number of aryl methyl sites for hydroxylation is 1. The van der Waals surface area contributed by atoms with E-state index < -0.39 is 0 Å². The lowest BCUT2D eigenvalue weighted by molar-refractivity contribution is -0.119. The molecule has 0 spiro atoms. The quantitative estimate of drug-likeness (QED) is 0.787. The van der Waals surface area contributed by atoms with Crippen LogP contribution in [-0.2, 0) is 4.79 Å². The molecule has 1 aliphatic rings. The molecule has 0 unspecified atom stereocenters. The summed E-state index contributed by atoms with van der Waals surface area (Å²) in [7, 11) is 0. The Morgan fingerprint density at radius 2 is 2.42 bits per heavy atom. The van der Waals surface area contributed by atoms with E-state index in [2.05, 4.69) is 20.5 Å². The van der Waals surface area contributed by atoms with Crippen molar-refractivity contribution in [3.63, 3.8) is 0 Å². The van der Waals surface area contributed by atoms with Crippen LogP contribution < -0.4 is 5.32 Å². The van der Waals surface area contributed by atoms with Crippen LogP contribution >= 0.6 is 11.8 Å². The predicted molar refractivity (Wildman–Crippen MR) is 87.6 cm³/mol. The molecule has 24 heavy (non-hydrogen) atoms. The van der Waals surface area contributed by atoms with Crippen LogP contribution in [0.2, 0.25) is 0 Å². The number of hydrogen-bond donors (Lipinski definition) is 2. The smallest absolute Gasteiger partial charge is 0.289 e. The van der Waals surface area contributed by atoms with Crippen LogP contribution in [0.4, 0.5) is 0 Å². The number of aromatic nitrogens is 3. The van der Waals surface area contributed by atoms with Gasteiger partial charge in [0.05, 0.1) is 12.0 Å². The van der Waals surface area contributed by atoms with Gasteiger partial charge < -0.3 is 14.6 Å². The second kappa shape index (κ2) is 7.52. The lowest BCUT2D eigenvalue weighted by Gasteiger charge is -2.32. The molecule has 3 rings (SSSR count). The molecule has 8 nitrogen and oxygen atoms in total. The fourth-order valence-corrected chi connectivity index (χ4v) is 3.28. The summed E-state index contributed by atoms with van der Waals surface area (Å²) in [6, 6.07) is 3.30. The van der Waals surface area contributed by atoms with Crippen molar-refractivity contribution in [2.75, 3.05) is 18.8 Å². The highest BCUT2D eigenvalue weighted by atomic mass is 32.2. The highest BCUT2D eigenvalue weighted by Gasteiger charge is 2.26. The molecule has 0 radical (unpaired) electrons. The van der Waals surface area contributed by atoms with E-state index in [1.54, 1.807) is 17.0 Å². The zero-order chi connectivity index (χ0) is 16.9. The van der Waals surface area contributed by atoms with Crippen molar-refractivity contribution < 1.29 is 14.0 Å². The van der Waals surface area contributed by atoms with Crippen LogP contribution in [0.5, 0.6) is 0 Å². The second-order valence-corrected chi connectivity index (χ2v) is 6.57. The Bertz CT molecular complexity index is 700. The summed E-state index contributed by atoms with van der Waals surface area (Å²) in [6.45, 7) is 2.98. The number of nitrogens with zero attached hydrogens (tertiary/aromatic N) is 3. The van der Waals surface area contributed by atoms with Crippen molar-refractivity contribution in [2.45, 2.75) is 31.0 Å². The molecule has 2 aromatic rings. The number of amides is 2. The lowest BCUT2D eigenvalue weighted by atomic mass is 10.1. The molecule has 1 aliphatic heterocycles. The highest BCUT2D eigenvalue weighted by Crippen LogP contribution is 2.15. The minimum Gasteiger partial charge on any atom is -0.459 e. The van der Waals surface area contributed by atoms with Crippen molar-refractivity contribution in [3.8, 4) is 0 Å². The van der Waals surface area contributed by atoms with Gasteiger partial charge in [0.2, 0.25) is 11.1 Å². The van der Waals surface area contributed by atoms with Gasteiger partial charge in [-0.3, -0.25) is 14.7 Å². The van der Waals surface area contributed by atoms with E-state index in [0.29, 0.717) is 24.0 Å². The van der Waals surface area contributed by atoms with E-state index in [0.717, 1.165) is 18.7 Å². The molecule has 0 aliphatic carbocycles. The molecule has 1 saturated heterocycles. The van der Waals surface area contributed by atoms with Gasteiger partial charge in [0.25, 0.3) is 5.91 Å².